The van der Waals surface area contributed by atoms with Gasteiger partial charge in [0.05, 0.1) is 0 Å². The highest BCUT2D eigenvalue weighted by molar-refractivity contribution is 5.73. The van der Waals surface area contributed by atoms with E-state index in [1.807, 2.05) is 0 Å². The van der Waals surface area contributed by atoms with E-state index in [1.54, 1.807) is 0 Å². The maximum absolute atomic E-state index is 12.8. The lowest BCUT2D eigenvalue weighted by Crippen LogP contribution is -1.83. The number of allylic oxidation sites excluding steroid dienone is 1. The summed E-state index contributed by atoms with van der Waals surface area (Å²) in [4.78, 5) is 9.87. The fourth-order valence-electron chi connectivity index (χ4n) is 0.780. The molecule has 0 atom stereocenters. The van der Waals surface area contributed by atoms with E-state index < -0.39 is 11.6 Å². The van der Waals surface area contributed by atoms with Crippen LogP contribution < -0.4 is 0 Å². The molecular weight excluding hydrogens is 162 g/mol. The van der Waals surface area contributed by atoms with Gasteiger partial charge in [-0.3, -0.25) is 4.79 Å². The molecule has 0 aliphatic carbocycles. The Morgan fingerprint density at radius 1 is 1.25 bits per heavy atom. The molecule has 62 valence electrons. The van der Waals surface area contributed by atoms with Crippen LogP contribution in [0.4, 0.5) is 8.78 Å². The van der Waals surface area contributed by atoms with Crippen LogP contribution in [0, 0.1) is 11.6 Å². The molecule has 1 aromatic rings. The highest BCUT2D eigenvalue weighted by atomic mass is 19.1. The van der Waals surface area contributed by atoms with Gasteiger partial charge in [-0.05, 0) is 24.3 Å². The number of carbonyl (C=O) groups is 1. The first-order valence-electron chi connectivity index (χ1n) is 3.31. The number of halogens is 2. The van der Waals surface area contributed by atoms with Crippen molar-refractivity contribution in [3.05, 3.63) is 41.5 Å². The van der Waals surface area contributed by atoms with E-state index in [0.717, 1.165) is 18.2 Å². The van der Waals surface area contributed by atoms with E-state index in [0.29, 0.717) is 6.29 Å². The van der Waals surface area contributed by atoms with Crippen molar-refractivity contribution in [1.82, 2.24) is 0 Å². The Kier molecular flexibility index (Phi) is 2.69. The van der Waals surface area contributed by atoms with Gasteiger partial charge in [0.2, 0.25) is 0 Å². The van der Waals surface area contributed by atoms with Gasteiger partial charge in [0, 0.05) is 11.6 Å². The molecule has 0 N–H and O–H groups in total. The molecule has 0 radical (unpaired) electrons. The predicted octanol–water partition coefficient (Wildman–Crippen LogP) is 2.18. The summed E-state index contributed by atoms with van der Waals surface area (Å²) in [6, 6.07) is 3.17. The molecule has 0 aliphatic heterocycles. The molecule has 0 fully saturated rings. The zero-order valence-electron chi connectivity index (χ0n) is 6.13. The highest BCUT2D eigenvalue weighted by Gasteiger charge is 1.98. The van der Waals surface area contributed by atoms with Gasteiger partial charge in [-0.15, -0.1) is 0 Å². The minimum Gasteiger partial charge on any atom is -0.299 e. The summed E-state index contributed by atoms with van der Waals surface area (Å²) in [7, 11) is 0. The summed E-state index contributed by atoms with van der Waals surface area (Å²) in [5.74, 6) is -1.30. The van der Waals surface area contributed by atoms with Crippen molar-refractivity contribution in [2.24, 2.45) is 0 Å². The van der Waals surface area contributed by atoms with Crippen LogP contribution in [0.15, 0.2) is 24.3 Å². The first-order chi connectivity index (χ1) is 5.74. The van der Waals surface area contributed by atoms with Crippen molar-refractivity contribution in [2.75, 3.05) is 0 Å². The van der Waals surface area contributed by atoms with Crippen molar-refractivity contribution in [3.63, 3.8) is 0 Å². The Labute approximate surface area is 68.3 Å². The van der Waals surface area contributed by atoms with Crippen LogP contribution in [0.25, 0.3) is 6.08 Å². The van der Waals surface area contributed by atoms with Crippen LogP contribution in [-0.2, 0) is 4.79 Å². The van der Waals surface area contributed by atoms with Crippen LogP contribution in [-0.4, -0.2) is 6.29 Å². The quantitative estimate of drug-likeness (QED) is 0.488. The average Bonchev–Trinajstić information content (AvgIpc) is 2.03. The van der Waals surface area contributed by atoms with Gasteiger partial charge in [0.25, 0.3) is 0 Å². The van der Waals surface area contributed by atoms with Gasteiger partial charge < -0.3 is 0 Å². The number of aldehydes is 1. The smallest absolute Gasteiger partial charge is 0.142 e. The minimum absolute atomic E-state index is 0.198. The molecule has 0 bridgehead atoms. The Hall–Kier alpha value is -1.51. The topological polar surface area (TPSA) is 17.1 Å². The molecule has 1 aromatic carbocycles. The standard InChI is InChI=1S/C9H6F2O/c10-8-4-3-7(2-1-5-12)9(11)6-8/h1-6H. The van der Waals surface area contributed by atoms with Gasteiger partial charge in [0.15, 0.2) is 0 Å². The second kappa shape index (κ2) is 3.76. The monoisotopic (exact) mass is 168 g/mol. The lowest BCUT2D eigenvalue weighted by Gasteiger charge is -1.94. The molecule has 3 heteroatoms. The van der Waals surface area contributed by atoms with Gasteiger partial charge in [0.1, 0.15) is 17.9 Å². The maximum Gasteiger partial charge on any atom is 0.142 e. The third kappa shape index (κ3) is 1.99. The van der Waals surface area contributed by atoms with Gasteiger partial charge in [-0.2, -0.15) is 0 Å². The molecule has 0 heterocycles. The number of carbonyl (C=O) groups excluding carboxylic acids is 1. The minimum atomic E-state index is -0.673. The van der Waals surface area contributed by atoms with E-state index in [2.05, 4.69) is 0 Å². The summed E-state index contributed by atoms with van der Waals surface area (Å²) in [6.45, 7) is 0. The lowest BCUT2D eigenvalue weighted by molar-refractivity contribution is -0.104. The first-order valence-corrected chi connectivity index (χ1v) is 3.31. The lowest BCUT2D eigenvalue weighted by atomic mass is 10.2. The number of rotatable bonds is 2. The van der Waals surface area contributed by atoms with E-state index in [1.165, 1.54) is 12.1 Å². The molecule has 1 rings (SSSR count). The molecule has 0 unspecified atom stereocenters. The number of hydrogen-bond donors (Lipinski definition) is 0. The maximum atomic E-state index is 12.8. The zero-order chi connectivity index (χ0) is 8.97. The third-order valence-electron chi connectivity index (χ3n) is 1.32. The van der Waals surface area contributed by atoms with Gasteiger partial charge in [-0.1, -0.05) is 0 Å². The van der Waals surface area contributed by atoms with Crippen molar-refractivity contribution < 1.29 is 13.6 Å². The van der Waals surface area contributed by atoms with Gasteiger partial charge in [-0.25, -0.2) is 8.78 Å². The summed E-state index contributed by atoms with van der Waals surface area (Å²) in [5, 5.41) is 0. The first kappa shape index (κ1) is 8.59. The molecule has 12 heavy (non-hydrogen) atoms. The van der Waals surface area contributed by atoms with E-state index >= 15 is 0 Å². The molecule has 0 aromatic heterocycles. The number of hydrogen-bond acceptors (Lipinski definition) is 1. The van der Waals surface area contributed by atoms with Crippen LogP contribution in [0.2, 0.25) is 0 Å². The highest BCUT2D eigenvalue weighted by Crippen LogP contribution is 2.10. The van der Waals surface area contributed by atoms with E-state index in [-0.39, 0.29) is 5.56 Å². The van der Waals surface area contributed by atoms with E-state index in [9.17, 15) is 13.6 Å². The van der Waals surface area contributed by atoms with E-state index in [4.69, 9.17) is 0 Å². The van der Waals surface area contributed by atoms with Crippen molar-refractivity contribution in [2.45, 2.75) is 0 Å². The van der Waals surface area contributed by atoms with Gasteiger partial charge >= 0.3 is 0 Å². The van der Waals surface area contributed by atoms with Crippen molar-refractivity contribution in [1.29, 1.82) is 0 Å². The van der Waals surface area contributed by atoms with Crippen LogP contribution >= 0.6 is 0 Å². The SMILES string of the molecule is O=CC=Cc1ccc(F)cc1F. The van der Waals surface area contributed by atoms with Crippen LogP contribution in [0.3, 0.4) is 0 Å². The van der Waals surface area contributed by atoms with Crippen LogP contribution in [0.1, 0.15) is 5.56 Å². The largest absolute Gasteiger partial charge is 0.299 e. The third-order valence-corrected chi connectivity index (χ3v) is 1.32. The predicted molar refractivity (Wildman–Crippen MR) is 41.5 cm³/mol. The van der Waals surface area contributed by atoms with Crippen molar-refractivity contribution >= 4 is 12.4 Å². The molecule has 0 saturated carbocycles. The fourth-order valence-corrected chi connectivity index (χ4v) is 0.780. The fraction of sp³-hybridized carbons (Fsp3) is 0. The van der Waals surface area contributed by atoms with Crippen LogP contribution in [0.5, 0.6) is 0 Å². The molecule has 0 aliphatic rings. The average molecular weight is 168 g/mol. The number of benzene rings is 1. The molecule has 0 saturated heterocycles. The molecule has 0 amide bonds. The summed E-state index contributed by atoms with van der Waals surface area (Å²) >= 11 is 0. The zero-order valence-corrected chi connectivity index (χ0v) is 6.13. The Bertz CT molecular complexity index is 318. The second-order valence-corrected chi connectivity index (χ2v) is 2.16. The Morgan fingerprint density at radius 3 is 2.58 bits per heavy atom. The Balaban J connectivity index is 3.01. The normalized spacial score (nSPS) is 10.5. The summed E-state index contributed by atoms with van der Waals surface area (Å²) < 4.78 is 25.1. The Morgan fingerprint density at radius 2 is 2.00 bits per heavy atom. The molecule has 0 spiro atoms. The summed E-state index contributed by atoms with van der Waals surface area (Å²) in [6.07, 6.45) is 2.96. The van der Waals surface area contributed by atoms with Crippen molar-refractivity contribution in [3.8, 4) is 0 Å². The molecule has 1 nitrogen and oxygen atoms in total. The second-order valence-electron chi connectivity index (χ2n) is 2.16. The molecular formula is C9H6F2O. The summed E-state index contributed by atoms with van der Waals surface area (Å²) in [5.41, 5.74) is 0.198.